The van der Waals surface area contributed by atoms with Gasteiger partial charge in [0.05, 0.1) is 18.6 Å². The molecule has 1 aromatic carbocycles. The molecule has 8 heteroatoms. The summed E-state index contributed by atoms with van der Waals surface area (Å²) in [6.07, 6.45) is 3.17. The number of nitrogens with zero attached hydrogens (tertiary/aromatic N) is 4. The Morgan fingerprint density at radius 3 is 2.56 bits per heavy atom. The Hall–Kier alpha value is -2.71. The van der Waals surface area contributed by atoms with Crippen molar-refractivity contribution in [1.82, 2.24) is 19.2 Å². The number of primary amides is 1. The van der Waals surface area contributed by atoms with Crippen LogP contribution >= 0.6 is 12.2 Å². The Morgan fingerprint density at radius 1 is 1.19 bits per heavy atom. The highest BCUT2D eigenvalue weighted by Gasteiger charge is 2.24. The van der Waals surface area contributed by atoms with Crippen molar-refractivity contribution in [3.63, 3.8) is 0 Å². The highest BCUT2D eigenvalue weighted by Crippen LogP contribution is 2.24. The molecule has 3 aromatic rings. The van der Waals surface area contributed by atoms with E-state index in [0.29, 0.717) is 23.0 Å². The molecular formula is C19H21N5O2S. The molecule has 0 saturated carbocycles. The average Bonchev–Trinajstić information content (AvgIpc) is 3.32. The molecule has 27 heavy (non-hydrogen) atoms. The Labute approximate surface area is 162 Å². The third-order valence-corrected chi connectivity index (χ3v) is 5.31. The van der Waals surface area contributed by atoms with Gasteiger partial charge in [-0.3, -0.25) is 14.3 Å². The number of benzene rings is 1. The van der Waals surface area contributed by atoms with Crippen LogP contribution in [0.1, 0.15) is 12.8 Å². The summed E-state index contributed by atoms with van der Waals surface area (Å²) < 4.78 is 9.91. The van der Waals surface area contributed by atoms with Gasteiger partial charge in [-0.25, -0.2) is 4.68 Å². The summed E-state index contributed by atoms with van der Waals surface area (Å²) in [6, 6.07) is 13.6. The number of aromatic nitrogens is 3. The molecule has 1 fully saturated rings. The number of para-hydroxylation sites is 1. The van der Waals surface area contributed by atoms with E-state index in [-0.39, 0.29) is 11.8 Å². The summed E-state index contributed by atoms with van der Waals surface area (Å²) in [5.41, 5.74) is 6.36. The predicted molar refractivity (Wildman–Crippen MR) is 104 cm³/mol. The van der Waals surface area contributed by atoms with Crippen LogP contribution in [0.2, 0.25) is 0 Å². The lowest BCUT2D eigenvalue weighted by Crippen LogP contribution is -2.39. The number of piperidine rings is 1. The lowest BCUT2D eigenvalue weighted by atomic mass is 9.97. The van der Waals surface area contributed by atoms with Crippen molar-refractivity contribution in [2.75, 3.05) is 13.1 Å². The first-order valence-corrected chi connectivity index (χ1v) is 9.35. The number of carbonyl (C=O) groups is 1. The molecule has 0 radical (unpaired) electrons. The summed E-state index contributed by atoms with van der Waals surface area (Å²) in [6.45, 7) is 2.16. The maximum Gasteiger partial charge on any atom is 0.220 e. The molecule has 2 N–H and O–H groups in total. The first-order valence-electron chi connectivity index (χ1n) is 8.94. The van der Waals surface area contributed by atoms with E-state index in [1.165, 1.54) is 0 Å². The van der Waals surface area contributed by atoms with Crippen molar-refractivity contribution in [3.05, 3.63) is 53.5 Å². The van der Waals surface area contributed by atoms with Gasteiger partial charge in [-0.15, -0.1) is 5.10 Å². The van der Waals surface area contributed by atoms with E-state index in [9.17, 15) is 4.79 Å². The van der Waals surface area contributed by atoms with E-state index in [2.05, 4.69) is 4.90 Å². The molecule has 0 bridgehead atoms. The van der Waals surface area contributed by atoms with Gasteiger partial charge in [-0.2, -0.15) is 0 Å². The van der Waals surface area contributed by atoms with E-state index >= 15 is 0 Å². The predicted octanol–water partition coefficient (Wildman–Crippen LogP) is 2.82. The van der Waals surface area contributed by atoms with Crippen LogP contribution in [-0.2, 0) is 11.5 Å². The van der Waals surface area contributed by atoms with Gasteiger partial charge in [0.2, 0.25) is 16.5 Å². The number of amides is 1. The maximum atomic E-state index is 11.4. The van der Waals surface area contributed by atoms with Gasteiger partial charge < -0.3 is 10.2 Å². The van der Waals surface area contributed by atoms with Crippen molar-refractivity contribution in [3.8, 4) is 17.3 Å². The molecule has 7 nitrogen and oxygen atoms in total. The van der Waals surface area contributed by atoms with Gasteiger partial charge >= 0.3 is 0 Å². The largest absolute Gasteiger partial charge is 0.461 e. The SMILES string of the molecule is NC(=O)C1CCN(Cn2nc(-c3ccco3)n(-c3ccccc3)c2=S)CC1. The molecule has 3 heterocycles. The summed E-state index contributed by atoms with van der Waals surface area (Å²) >= 11 is 5.72. The lowest BCUT2D eigenvalue weighted by Gasteiger charge is -2.29. The molecule has 1 aliphatic rings. The van der Waals surface area contributed by atoms with E-state index in [0.717, 1.165) is 31.6 Å². The fourth-order valence-corrected chi connectivity index (χ4v) is 3.71. The Bertz CT molecular complexity index is 969. The highest BCUT2D eigenvalue weighted by atomic mass is 32.1. The number of likely N-dealkylation sites (tertiary alicyclic amines) is 1. The molecule has 0 atom stereocenters. The molecule has 0 aliphatic carbocycles. The molecule has 1 saturated heterocycles. The van der Waals surface area contributed by atoms with Crippen LogP contribution in [0.25, 0.3) is 17.3 Å². The molecular weight excluding hydrogens is 362 g/mol. The van der Waals surface area contributed by atoms with E-state index < -0.39 is 0 Å². The molecule has 0 unspecified atom stereocenters. The molecule has 140 valence electrons. The molecule has 0 spiro atoms. The molecule has 1 aliphatic heterocycles. The van der Waals surface area contributed by atoms with E-state index in [1.807, 2.05) is 51.7 Å². The van der Waals surface area contributed by atoms with Crippen molar-refractivity contribution in [2.24, 2.45) is 11.7 Å². The zero-order chi connectivity index (χ0) is 18.8. The third kappa shape index (κ3) is 3.58. The van der Waals surface area contributed by atoms with Crippen LogP contribution in [-0.4, -0.2) is 38.2 Å². The highest BCUT2D eigenvalue weighted by molar-refractivity contribution is 7.71. The Kier molecular flexibility index (Phi) is 4.91. The zero-order valence-electron chi connectivity index (χ0n) is 14.8. The summed E-state index contributed by atoms with van der Waals surface area (Å²) in [5.74, 6) is 1.09. The van der Waals surface area contributed by atoms with Crippen molar-refractivity contribution < 1.29 is 9.21 Å². The van der Waals surface area contributed by atoms with Crippen LogP contribution in [0.4, 0.5) is 0 Å². The third-order valence-electron chi connectivity index (χ3n) is 4.92. The van der Waals surface area contributed by atoms with Gasteiger partial charge in [-0.05, 0) is 49.3 Å². The first-order chi connectivity index (χ1) is 13.1. The van der Waals surface area contributed by atoms with Crippen LogP contribution < -0.4 is 5.73 Å². The van der Waals surface area contributed by atoms with Gasteiger partial charge in [-0.1, -0.05) is 18.2 Å². The molecule has 4 rings (SSSR count). The minimum Gasteiger partial charge on any atom is -0.461 e. The maximum absolute atomic E-state index is 11.4. The Balaban J connectivity index is 1.65. The zero-order valence-corrected chi connectivity index (χ0v) is 15.6. The van der Waals surface area contributed by atoms with Gasteiger partial charge in [0.15, 0.2) is 5.76 Å². The standard InChI is InChI=1S/C19H21N5O2S/c20-17(25)14-8-10-22(11-9-14)13-23-19(27)24(15-5-2-1-3-6-15)18(21-23)16-7-4-12-26-16/h1-7,12,14H,8-11,13H2,(H2,20,25). The summed E-state index contributed by atoms with van der Waals surface area (Å²) in [5, 5.41) is 4.73. The van der Waals surface area contributed by atoms with Crippen molar-refractivity contribution >= 4 is 18.1 Å². The average molecular weight is 383 g/mol. The number of carbonyl (C=O) groups excluding carboxylic acids is 1. The number of hydrogen-bond acceptors (Lipinski definition) is 5. The van der Waals surface area contributed by atoms with Crippen LogP contribution in [0.3, 0.4) is 0 Å². The topological polar surface area (TPSA) is 82.2 Å². The summed E-state index contributed by atoms with van der Waals surface area (Å²) in [7, 11) is 0. The number of hydrogen-bond donors (Lipinski definition) is 1. The second-order valence-corrected chi connectivity index (χ2v) is 7.06. The monoisotopic (exact) mass is 383 g/mol. The minimum absolute atomic E-state index is 0.0326. The normalized spacial score (nSPS) is 15.9. The van der Waals surface area contributed by atoms with Gasteiger partial charge in [0.1, 0.15) is 0 Å². The van der Waals surface area contributed by atoms with Crippen LogP contribution in [0, 0.1) is 10.7 Å². The molecule has 2 aromatic heterocycles. The van der Waals surface area contributed by atoms with Crippen LogP contribution in [0.5, 0.6) is 0 Å². The number of nitrogens with two attached hydrogens (primary N) is 1. The lowest BCUT2D eigenvalue weighted by molar-refractivity contribution is -0.123. The molecule has 1 amide bonds. The number of furan rings is 1. The van der Waals surface area contributed by atoms with Crippen molar-refractivity contribution in [1.29, 1.82) is 0 Å². The van der Waals surface area contributed by atoms with Gasteiger partial charge in [0, 0.05) is 19.0 Å². The fraction of sp³-hybridized carbons (Fsp3) is 0.316. The minimum atomic E-state index is -0.209. The van der Waals surface area contributed by atoms with Crippen molar-refractivity contribution in [2.45, 2.75) is 19.5 Å². The number of rotatable bonds is 5. The fourth-order valence-electron chi connectivity index (χ4n) is 3.42. The second kappa shape index (κ2) is 7.50. The quantitative estimate of drug-likeness (QED) is 0.685. The first kappa shape index (κ1) is 17.7. The second-order valence-electron chi connectivity index (χ2n) is 6.69. The van der Waals surface area contributed by atoms with Crippen LogP contribution in [0.15, 0.2) is 53.1 Å². The van der Waals surface area contributed by atoms with E-state index in [1.54, 1.807) is 6.26 Å². The van der Waals surface area contributed by atoms with Gasteiger partial charge in [0.25, 0.3) is 0 Å². The van der Waals surface area contributed by atoms with E-state index in [4.69, 9.17) is 27.5 Å². The smallest absolute Gasteiger partial charge is 0.220 e. The Morgan fingerprint density at radius 2 is 1.93 bits per heavy atom. The summed E-state index contributed by atoms with van der Waals surface area (Å²) in [4.78, 5) is 13.6.